The molecule has 0 aliphatic carbocycles. The van der Waals surface area contributed by atoms with Crippen molar-refractivity contribution in [2.24, 2.45) is 11.1 Å². The highest BCUT2D eigenvalue weighted by Gasteiger charge is 2.27. The minimum atomic E-state index is -0.449. The highest BCUT2D eigenvalue weighted by atomic mass is 16.1. The summed E-state index contributed by atoms with van der Waals surface area (Å²) in [6.45, 7) is 5.63. The number of Topliss-reactive ketones (excluding diaryl/α,β-unsaturated/α-hetero) is 1. The number of nitrogens with two attached hydrogens (primary N) is 1. The SMILES string of the molecule is CC(C)(C)C(=O)[C@@H](N)Cc1cnc[nH]1. The van der Waals surface area contributed by atoms with Gasteiger partial charge in [0, 0.05) is 23.7 Å². The molecule has 0 aliphatic rings. The molecule has 3 N–H and O–H groups in total. The lowest BCUT2D eigenvalue weighted by Crippen LogP contribution is -2.40. The lowest BCUT2D eigenvalue weighted by Gasteiger charge is -2.21. The molecular weight excluding hydrogens is 178 g/mol. The molecule has 0 radical (unpaired) electrons. The Kier molecular flexibility index (Phi) is 3.06. The van der Waals surface area contributed by atoms with E-state index in [1.807, 2.05) is 20.8 Å². The molecule has 0 fully saturated rings. The van der Waals surface area contributed by atoms with Gasteiger partial charge in [0.1, 0.15) is 0 Å². The Balaban J connectivity index is 2.59. The van der Waals surface area contributed by atoms with Crippen LogP contribution in [0.1, 0.15) is 26.5 Å². The van der Waals surface area contributed by atoms with Crippen LogP contribution in [0.2, 0.25) is 0 Å². The van der Waals surface area contributed by atoms with E-state index in [0.717, 1.165) is 5.69 Å². The van der Waals surface area contributed by atoms with Gasteiger partial charge < -0.3 is 10.7 Å². The molecule has 0 saturated carbocycles. The van der Waals surface area contributed by atoms with E-state index in [1.54, 1.807) is 12.5 Å². The first-order chi connectivity index (χ1) is 6.41. The average Bonchev–Trinajstić information content (AvgIpc) is 2.53. The fraction of sp³-hybridized carbons (Fsp3) is 0.600. The first-order valence-electron chi connectivity index (χ1n) is 4.68. The number of rotatable bonds is 3. The molecule has 14 heavy (non-hydrogen) atoms. The topological polar surface area (TPSA) is 71.8 Å². The number of hydrogen-bond acceptors (Lipinski definition) is 3. The number of hydrogen-bond donors (Lipinski definition) is 2. The van der Waals surface area contributed by atoms with Gasteiger partial charge in [-0.15, -0.1) is 0 Å². The number of imidazole rings is 1. The van der Waals surface area contributed by atoms with E-state index in [0.29, 0.717) is 6.42 Å². The van der Waals surface area contributed by atoms with Gasteiger partial charge in [-0.25, -0.2) is 4.98 Å². The van der Waals surface area contributed by atoms with Crippen LogP contribution in [0.15, 0.2) is 12.5 Å². The summed E-state index contributed by atoms with van der Waals surface area (Å²) in [5, 5.41) is 0. The third-order valence-electron chi connectivity index (χ3n) is 2.07. The molecule has 1 heterocycles. The van der Waals surface area contributed by atoms with Crippen LogP contribution < -0.4 is 5.73 Å². The number of carbonyl (C=O) groups excluding carboxylic acids is 1. The summed E-state index contributed by atoms with van der Waals surface area (Å²) < 4.78 is 0. The summed E-state index contributed by atoms with van der Waals surface area (Å²) in [6.07, 6.45) is 3.80. The Morgan fingerprint density at radius 2 is 2.29 bits per heavy atom. The van der Waals surface area contributed by atoms with Crippen LogP contribution in [0.5, 0.6) is 0 Å². The van der Waals surface area contributed by atoms with Crippen molar-refractivity contribution in [3.8, 4) is 0 Å². The van der Waals surface area contributed by atoms with Crippen LogP contribution in [-0.4, -0.2) is 21.8 Å². The van der Waals surface area contributed by atoms with Gasteiger partial charge in [0.25, 0.3) is 0 Å². The molecule has 1 atom stereocenters. The van der Waals surface area contributed by atoms with Crippen molar-refractivity contribution in [1.29, 1.82) is 0 Å². The van der Waals surface area contributed by atoms with Crippen LogP contribution in [0.4, 0.5) is 0 Å². The van der Waals surface area contributed by atoms with Gasteiger partial charge in [-0.3, -0.25) is 4.79 Å². The molecule has 1 aromatic rings. The lowest BCUT2D eigenvalue weighted by molar-refractivity contribution is -0.127. The minimum Gasteiger partial charge on any atom is -0.348 e. The molecule has 0 aliphatic heterocycles. The van der Waals surface area contributed by atoms with E-state index in [9.17, 15) is 4.79 Å². The average molecular weight is 195 g/mol. The van der Waals surface area contributed by atoms with Crippen LogP contribution in [0.3, 0.4) is 0 Å². The van der Waals surface area contributed by atoms with Crippen molar-refractivity contribution in [2.75, 3.05) is 0 Å². The van der Waals surface area contributed by atoms with Crippen molar-refractivity contribution in [2.45, 2.75) is 33.2 Å². The number of H-pyrrole nitrogens is 1. The number of nitrogens with one attached hydrogen (secondary N) is 1. The van der Waals surface area contributed by atoms with Gasteiger partial charge in [0.2, 0.25) is 0 Å². The maximum absolute atomic E-state index is 11.7. The van der Waals surface area contributed by atoms with Crippen molar-refractivity contribution in [3.05, 3.63) is 18.2 Å². The summed E-state index contributed by atoms with van der Waals surface area (Å²) in [6, 6.07) is -0.449. The Hall–Kier alpha value is -1.16. The maximum atomic E-state index is 11.7. The van der Waals surface area contributed by atoms with Gasteiger partial charge in [0.05, 0.1) is 12.4 Å². The van der Waals surface area contributed by atoms with E-state index in [-0.39, 0.29) is 11.2 Å². The lowest BCUT2D eigenvalue weighted by atomic mass is 9.85. The van der Waals surface area contributed by atoms with E-state index in [4.69, 9.17) is 5.73 Å². The number of carbonyl (C=O) groups is 1. The zero-order valence-corrected chi connectivity index (χ0v) is 8.87. The third-order valence-corrected chi connectivity index (χ3v) is 2.07. The number of aromatic nitrogens is 2. The summed E-state index contributed by atoms with van der Waals surface area (Å²) in [5.41, 5.74) is 6.32. The van der Waals surface area contributed by atoms with Crippen molar-refractivity contribution in [1.82, 2.24) is 9.97 Å². The second-order valence-corrected chi connectivity index (χ2v) is 4.50. The quantitative estimate of drug-likeness (QED) is 0.752. The number of nitrogens with zero attached hydrogens (tertiary/aromatic N) is 1. The summed E-state index contributed by atoms with van der Waals surface area (Å²) in [5.74, 6) is 0.0760. The zero-order chi connectivity index (χ0) is 10.8. The fourth-order valence-electron chi connectivity index (χ4n) is 1.28. The molecule has 0 bridgehead atoms. The standard InChI is InChI=1S/C10H17N3O/c1-10(2,3)9(14)8(11)4-7-5-12-6-13-7/h5-6,8H,4,11H2,1-3H3,(H,12,13)/t8-/m0/s1. The predicted octanol–water partition coefficient (Wildman–Crippen LogP) is 0.895. The van der Waals surface area contributed by atoms with E-state index in [1.165, 1.54) is 0 Å². The molecule has 1 rings (SSSR count). The summed E-state index contributed by atoms with van der Waals surface area (Å²) in [7, 11) is 0. The molecule has 4 nitrogen and oxygen atoms in total. The second-order valence-electron chi connectivity index (χ2n) is 4.50. The Morgan fingerprint density at radius 3 is 2.71 bits per heavy atom. The normalized spacial score (nSPS) is 14.0. The van der Waals surface area contributed by atoms with Crippen LogP contribution in [0, 0.1) is 5.41 Å². The Morgan fingerprint density at radius 1 is 1.64 bits per heavy atom. The van der Waals surface area contributed by atoms with Crippen LogP contribution in [0.25, 0.3) is 0 Å². The molecule has 0 spiro atoms. The Labute approximate surface area is 83.9 Å². The van der Waals surface area contributed by atoms with Crippen LogP contribution in [-0.2, 0) is 11.2 Å². The molecular formula is C10H17N3O. The summed E-state index contributed by atoms with van der Waals surface area (Å²) >= 11 is 0. The van der Waals surface area contributed by atoms with Crippen LogP contribution >= 0.6 is 0 Å². The highest BCUT2D eigenvalue weighted by Crippen LogP contribution is 2.17. The Bertz CT molecular complexity index is 298. The predicted molar refractivity (Wildman–Crippen MR) is 54.7 cm³/mol. The van der Waals surface area contributed by atoms with E-state index < -0.39 is 6.04 Å². The molecule has 0 unspecified atom stereocenters. The highest BCUT2D eigenvalue weighted by molar-refractivity contribution is 5.88. The first kappa shape index (κ1) is 10.9. The third kappa shape index (κ3) is 2.67. The molecule has 4 heteroatoms. The minimum absolute atomic E-state index is 0.0760. The number of aromatic amines is 1. The maximum Gasteiger partial charge on any atom is 0.155 e. The van der Waals surface area contributed by atoms with Gasteiger partial charge in [-0.05, 0) is 0 Å². The largest absolute Gasteiger partial charge is 0.348 e. The van der Waals surface area contributed by atoms with E-state index in [2.05, 4.69) is 9.97 Å². The van der Waals surface area contributed by atoms with Gasteiger partial charge in [-0.2, -0.15) is 0 Å². The fourth-order valence-corrected chi connectivity index (χ4v) is 1.28. The smallest absolute Gasteiger partial charge is 0.155 e. The monoisotopic (exact) mass is 195 g/mol. The van der Waals surface area contributed by atoms with Gasteiger partial charge >= 0.3 is 0 Å². The van der Waals surface area contributed by atoms with E-state index >= 15 is 0 Å². The van der Waals surface area contributed by atoms with Crippen molar-refractivity contribution >= 4 is 5.78 Å². The van der Waals surface area contributed by atoms with Crippen molar-refractivity contribution in [3.63, 3.8) is 0 Å². The summed E-state index contributed by atoms with van der Waals surface area (Å²) in [4.78, 5) is 18.5. The molecule has 1 aromatic heterocycles. The zero-order valence-electron chi connectivity index (χ0n) is 8.87. The first-order valence-corrected chi connectivity index (χ1v) is 4.68. The molecule has 0 saturated heterocycles. The molecule has 0 aromatic carbocycles. The molecule has 78 valence electrons. The molecule has 0 amide bonds. The number of ketones is 1. The van der Waals surface area contributed by atoms with Crippen molar-refractivity contribution < 1.29 is 4.79 Å². The van der Waals surface area contributed by atoms with Gasteiger partial charge in [-0.1, -0.05) is 20.8 Å². The van der Waals surface area contributed by atoms with Gasteiger partial charge in [0.15, 0.2) is 5.78 Å². The second kappa shape index (κ2) is 3.92.